The summed E-state index contributed by atoms with van der Waals surface area (Å²) in [4.78, 5) is 18.8. The number of carbonyl (C=O) groups excluding carboxylic acids is 1. The number of thiophene rings is 1. The molecule has 2 aromatic rings. The number of halogens is 1. The molecule has 3 rings (SSSR count). The van der Waals surface area contributed by atoms with Crippen molar-refractivity contribution in [2.24, 2.45) is 0 Å². The molecule has 98 valence electrons. The van der Waals surface area contributed by atoms with Crippen molar-refractivity contribution in [2.45, 2.75) is 25.4 Å². The fraction of sp³-hybridized carbons (Fsp3) is 0.286. The van der Waals surface area contributed by atoms with Gasteiger partial charge in [0.25, 0.3) is 5.91 Å². The van der Waals surface area contributed by atoms with Gasteiger partial charge < -0.3 is 4.90 Å². The minimum Gasteiger partial charge on any atom is -0.330 e. The van der Waals surface area contributed by atoms with Crippen LogP contribution in [0.2, 0.25) is 0 Å². The molecule has 0 radical (unpaired) electrons. The van der Waals surface area contributed by atoms with Gasteiger partial charge in [0.1, 0.15) is 5.69 Å². The van der Waals surface area contributed by atoms with Crippen LogP contribution in [0.5, 0.6) is 0 Å². The molecule has 2 heterocycles. The maximum absolute atomic E-state index is 12.6. The number of hydrogen-bond donors (Lipinski definition) is 0. The lowest BCUT2D eigenvalue weighted by molar-refractivity contribution is 0.0723. The number of aromatic nitrogens is 1. The first-order valence-electron chi connectivity index (χ1n) is 6.18. The second-order valence-electron chi connectivity index (χ2n) is 4.63. The van der Waals surface area contributed by atoms with E-state index in [0.29, 0.717) is 18.3 Å². The molecule has 2 aromatic heterocycles. The molecule has 5 heteroatoms. The Balaban J connectivity index is 1.84. The topological polar surface area (TPSA) is 33.2 Å². The molecular formula is C14H13BrN2OS. The van der Waals surface area contributed by atoms with Crippen molar-refractivity contribution in [1.29, 1.82) is 0 Å². The molecule has 1 saturated carbocycles. The van der Waals surface area contributed by atoms with Crippen molar-refractivity contribution < 1.29 is 4.79 Å². The molecule has 19 heavy (non-hydrogen) atoms. The minimum absolute atomic E-state index is 0.0150. The molecule has 1 aliphatic rings. The van der Waals surface area contributed by atoms with Crippen LogP contribution in [0.1, 0.15) is 28.9 Å². The van der Waals surface area contributed by atoms with Gasteiger partial charge in [0.2, 0.25) is 0 Å². The summed E-state index contributed by atoms with van der Waals surface area (Å²) in [6, 6.07) is 6.12. The van der Waals surface area contributed by atoms with E-state index in [2.05, 4.69) is 32.4 Å². The first-order valence-corrected chi connectivity index (χ1v) is 7.92. The Morgan fingerprint density at radius 2 is 2.32 bits per heavy atom. The number of rotatable bonds is 4. The molecule has 1 aliphatic carbocycles. The predicted molar refractivity (Wildman–Crippen MR) is 79.2 cm³/mol. The summed E-state index contributed by atoms with van der Waals surface area (Å²) in [6.45, 7) is 0.677. The summed E-state index contributed by atoms with van der Waals surface area (Å²) in [7, 11) is 0. The van der Waals surface area contributed by atoms with Crippen molar-refractivity contribution in [1.82, 2.24) is 9.88 Å². The van der Waals surface area contributed by atoms with E-state index in [4.69, 9.17) is 0 Å². The first kappa shape index (κ1) is 12.8. The van der Waals surface area contributed by atoms with Gasteiger partial charge in [-0.3, -0.25) is 4.79 Å². The monoisotopic (exact) mass is 336 g/mol. The van der Waals surface area contributed by atoms with Crippen LogP contribution < -0.4 is 0 Å². The van der Waals surface area contributed by atoms with E-state index in [1.165, 1.54) is 5.56 Å². The number of nitrogens with zero attached hydrogens (tertiary/aromatic N) is 2. The van der Waals surface area contributed by atoms with Gasteiger partial charge in [-0.15, -0.1) is 0 Å². The summed E-state index contributed by atoms with van der Waals surface area (Å²) in [5.74, 6) is 0.0150. The Kier molecular flexibility index (Phi) is 3.66. The molecule has 0 bridgehead atoms. The number of pyridine rings is 1. The number of hydrogen-bond acceptors (Lipinski definition) is 3. The molecule has 0 aromatic carbocycles. The van der Waals surface area contributed by atoms with Crippen molar-refractivity contribution in [2.75, 3.05) is 0 Å². The lowest BCUT2D eigenvalue weighted by atomic mass is 10.2. The summed E-state index contributed by atoms with van der Waals surface area (Å²) in [6.07, 6.45) is 3.86. The van der Waals surface area contributed by atoms with Crippen LogP contribution in [-0.4, -0.2) is 21.8 Å². The van der Waals surface area contributed by atoms with Crippen molar-refractivity contribution >= 4 is 33.2 Å². The molecule has 0 spiro atoms. The normalized spacial score (nSPS) is 14.4. The highest BCUT2D eigenvalue weighted by molar-refractivity contribution is 9.10. The van der Waals surface area contributed by atoms with E-state index in [9.17, 15) is 4.79 Å². The highest BCUT2D eigenvalue weighted by Crippen LogP contribution is 2.31. The molecule has 0 atom stereocenters. The average Bonchev–Trinajstić information content (AvgIpc) is 3.13. The predicted octanol–water partition coefficient (Wildman–Crippen LogP) is 3.71. The summed E-state index contributed by atoms with van der Waals surface area (Å²) in [5.41, 5.74) is 1.70. The fourth-order valence-corrected chi connectivity index (χ4v) is 3.10. The Morgan fingerprint density at radius 3 is 2.95 bits per heavy atom. The summed E-state index contributed by atoms with van der Waals surface area (Å²) >= 11 is 5.07. The molecule has 0 aliphatic heterocycles. The Morgan fingerprint density at radius 1 is 1.47 bits per heavy atom. The van der Waals surface area contributed by atoms with Gasteiger partial charge in [-0.05, 0) is 63.3 Å². The van der Waals surface area contributed by atoms with Gasteiger partial charge in [0.05, 0.1) is 0 Å². The van der Waals surface area contributed by atoms with Gasteiger partial charge in [-0.25, -0.2) is 4.98 Å². The molecule has 0 unspecified atom stereocenters. The van der Waals surface area contributed by atoms with Crippen LogP contribution in [0.25, 0.3) is 0 Å². The maximum Gasteiger partial charge on any atom is 0.274 e. The van der Waals surface area contributed by atoms with Gasteiger partial charge in [0, 0.05) is 23.3 Å². The molecule has 1 fully saturated rings. The van der Waals surface area contributed by atoms with Crippen LogP contribution >= 0.6 is 27.3 Å². The van der Waals surface area contributed by atoms with E-state index in [0.717, 1.165) is 17.3 Å². The number of carbonyl (C=O) groups is 1. The van der Waals surface area contributed by atoms with E-state index in [1.807, 2.05) is 22.4 Å². The van der Waals surface area contributed by atoms with Crippen LogP contribution in [0, 0.1) is 0 Å². The average molecular weight is 337 g/mol. The van der Waals surface area contributed by atoms with Gasteiger partial charge in [-0.1, -0.05) is 0 Å². The second-order valence-corrected chi connectivity index (χ2v) is 6.26. The molecule has 0 saturated heterocycles. The van der Waals surface area contributed by atoms with Crippen LogP contribution in [0.3, 0.4) is 0 Å². The SMILES string of the molecule is O=C(c1ncccc1Br)N(Cc1ccsc1)C1CC1. The number of amides is 1. The zero-order valence-electron chi connectivity index (χ0n) is 10.3. The van der Waals surface area contributed by atoms with Crippen molar-refractivity contribution in [3.05, 3.63) is 50.9 Å². The Hall–Kier alpha value is -1.20. The highest BCUT2D eigenvalue weighted by Gasteiger charge is 2.34. The standard InChI is InChI=1S/C14H13BrN2OS/c15-12-2-1-6-16-13(12)14(18)17(11-3-4-11)8-10-5-7-19-9-10/h1-2,5-7,9,11H,3-4,8H2. The maximum atomic E-state index is 12.6. The van der Waals surface area contributed by atoms with E-state index in [-0.39, 0.29) is 5.91 Å². The van der Waals surface area contributed by atoms with Crippen LogP contribution in [0.15, 0.2) is 39.6 Å². The molecule has 3 nitrogen and oxygen atoms in total. The zero-order chi connectivity index (χ0) is 13.2. The third kappa shape index (κ3) is 2.87. The highest BCUT2D eigenvalue weighted by atomic mass is 79.9. The second kappa shape index (κ2) is 5.43. The quantitative estimate of drug-likeness (QED) is 0.852. The minimum atomic E-state index is 0.0150. The lowest BCUT2D eigenvalue weighted by Crippen LogP contribution is -2.33. The van der Waals surface area contributed by atoms with Gasteiger partial charge >= 0.3 is 0 Å². The van der Waals surface area contributed by atoms with Crippen molar-refractivity contribution in [3.63, 3.8) is 0 Å². The first-order chi connectivity index (χ1) is 9.25. The third-order valence-corrected chi connectivity index (χ3v) is 4.51. The van der Waals surface area contributed by atoms with Crippen LogP contribution in [0.4, 0.5) is 0 Å². The Bertz CT molecular complexity index is 581. The zero-order valence-corrected chi connectivity index (χ0v) is 12.7. The summed E-state index contributed by atoms with van der Waals surface area (Å²) in [5, 5.41) is 4.14. The smallest absolute Gasteiger partial charge is 0.274 e. The molecular weight excluding hydrogens is 324 g/mol. The van der Waals surface area contributed by atoms with Gasteiger partial charge in [0.15, 0.2) is 0 Å². The lowest BCUT2D eigenvalue weighted by Gasteiger charge is -2.22. The largest absolute Gasteiger partial charge is 0.330 e. The van der Waals surface area contributed by atoms with E-state index < -0.39 is 0 Å². The molecule has 1 amide bonds. The van der Waals surface area contributed by atoms with E-state index >= 15 is 0 Å². The van der Waals surface area contributed by atoms with E-state index in [1.54, 1.807) is 17.5 Å². The van der Waals surface area contributed by atoms with Gasteiger partial charge in [-0.2, -0.15) is 11.3 Å². The molecule has 0 N–H and O–H groups in total. The summed E-state index contributed by atoms with van der Waals surface area (Å²) < 4.78 is 0.760. The Labute approximate surface area is 124 Å². The van der Waals surface area contributed by atoms with Crippen LogP contribution in [-0.2, 0) is 6.54 Å². The third-order valence-electron chi connectivity index (χ3n) is 3.14. The van der Waals surface area contributed by atoms with Crippen molar-refractivity contribution in [3.8, 4) is 0 Å². The fourth-order valence-electron chi connectivity index (χ4n) is 2.01.